The van der Waals surface area contributed by atoms with E-state index < -0.39 is 15.6 Å². The first-order valence-corrected chi connectivity index (χ1v) is 7.26. The molecule has 0 aliphatic carbocycles. The normalized spacial score (nSPS) is 15.8. The maximum absolute atomic E-state index is 11.7. The number of ether oxygens (including phenoxy) is 1. The molecular formula is C10H23N3O3S. The summed E-state index contributed by atoms with van der Waals surface area (Å²) in [6.45, 7) is 7.17. The van der Waals surface area contributed by atoms with Crippen LogP contribution in [0.3, 0.4) is 0 Å². The van der Waals surface area contributed by atoms with Gasteiger partial charge in [-0.3, -0.25) is 5.41 Å². The second kappa shape index (κ2) is 6.32. The van der Waals surface area contributed by atoms with Crippen molar-refractivity contribution in [3.63, 3.8) is 0 Å². The minimum atomic E-state index is -3.49. The fraction of sp³-hybridized carbons (Fsp3) is 0.900. The van der Waals surface area contributed by atoms with Gasteiger partial charge in [0.05, 0.1) is 24.0 Å². The first-order chi connectivity index (χ1) is 7.63. The fourth-order valence-corrected chi connectivity index (χ4v) is 2.46. The van der Waals surface area contributed by atoms with Gasteiger partial charge in [-0.15, -0.1) is 0 Å². The van der Waals surface area contributed by atoms with Crippen LogP contribution in [0.2, 0.25) is 0 Å². The Morgan fingerprint density at radius 2 is 2.06 bits per heavy atom. The zero-order valence-corrected chi connectivity index (χ0v) is 11.7. The molecule has 0 saturated heterocycles. The Morgan fingerprint density at radius 3 is 2.41 bits per heavy atom. The van der Waals surface area contributed by atoms with Gasteiger partial charge in [-0.05, 0) is 27.2 Å². The van der Waals surface area contributed by atoms with Crippen molar-refractivity contribution in [1.29, 1.82) is 5.41 Å². The molecule has 0 aromatic carbocycles. The van der Waals surface area contributed by atoms with Crippen LogP contribution in [0, 0.1) is 5.41 Å². The highest BCUT2D eigenvalue weighted by Gasteiger charge is 2.30. The van der Waals surface area contributed by atoms with Crippen LogP contribution in [0.15, 0.2) is 0 Å². The molecule has 0 spiro atoms. The van der Waals surface area contributed by atoms with Crippen molar-refractivity contribution >= 4 is 15.9 Å². The van der Waals surface area contributed by atoms with E-state index in [4.69, 9.17) is 15.9 Å². The third-order valence-electron chi connectivity index (χ3n) is 2.49. The molecule has 0 aromatic heterocycles. The van der Waals surface area contributed by atoms with Gasteiger partial charge in [0.2, 0.25) is 10.0 Å². The smallest absolute Gasteiger partial charge is 0.214 e. The Hall–Kier alpha value is -0.660. The molecule has 17 heavy (non-hydrogen) atoms. The van der Waals surface area contributed by atoms with E-state index in [1.54, 1.807) is 13.8 Å². The molecule has 0 fully saturated rings. The molecule has 6 nitrogen and oxygen atoms in total. The maximum atomic E-state index is 11.7. The van der Waals surface area contributed by atoms with Gasteiger partial charge < -0.3 is 10.5 Å². The van der Waals surface area contributed by atoms with Crippen LogP contribution in [-0.4, -0.2) is 38.3 Å². The largest absolute Gasteiger partial charge is 0.386 e. The lowest BCUT2D eigenvalue weighted by Crippen LogP contribution is -2.55. The lowest BCUT2D eigenvalue weighted by Gasteiger charge is -2.27. The van der Waals surface area contributed by atoms with Crippen LogP contribution >= 0.6 is 0 Å². The number of amidine groups is 1. The number of nitrogens with two attached hydrogens (primary N) is 1. The highest BCUT2D eigenvalue weighted by molar-refractivity contribution is 7.89. The second-order valence-electron chi connectivity index (χ2n) is 4.44. The monoisotopic (exact) mass is 265 g/mol. The van der Waals surface area contributed by atoms with Crippen LogP contribution in [0.5, 0.6) is 0 Å². The van der Waals surface area contributed by atoms with E-state index in [-0.39, 0.29) is 24.3 Å². The molecule has 0 radical (unpaired) electrons. The molecule has 0 amide bonds. The Bertz CT molecular complexity index is 354. The van der Waals surface area contributed by atoms with E-state index in [2.05, 4.69) is 4.72 Å². The molecule has 7 heteroatoms. The molecule has 0 heterocycles. The summed E-state index contributed by atoms with van der Waals surface area (Å²) in [7, 11) is -3.49. The summed E-state index contributed by atoms with van der Waals surface area (Å²) in [5.74, 6) is -0.318. The molecule has 0 aromatic rings. The topological polar surface area (TPSA) is 105 Å². The molecule has 1 atom stereocenters. The highest BCUT2D eigenvalue weighted by Crippen LogP contribution is 2.10. The first kappa shape index (κ1) is 16.3. The average molecular weight is 265 g/mol. The number of nitrogens with one attached hydrogen (secondary N) is 2. The molecule has 1 unspecified atom stereocenters. The summed E-state index contributed by atoms with van der Waals surface area (Å²) in [6, 6.07) is 0. The Labute approximate surface area is 103 Å². The van der Waals surface area contributed by atoms with Crippen molar-refractivity contribution in [2.75, 3.05) is 12.4 Å². The summed E-state index contributed by atoms with van der Waals surface area (Å²) in [4.78, 5) is 0. The van der Waals surface area contributed by atoms with Crippen molar-refractivity contribution in [3.8, 4) is 0 Å². The van der Waals surface area contributed by atoms with Crippen molar-refractivity contribution < 1.29 is 13.2 Å². The van der Waals surface area contributed by atoms with Gasteiger partial charge in [0.25, 0.3) is 0 Å². The molecule has 0 aliphatic rings. The number of rotatable bonds is 8. The third kappa shape index (κ3) is 5.99. The summed E-state index contributed by atoms with van der Waals surface area (Å²) in [5.41, 5.74) is 4.37. The first-order valence-electron chi connectivity index (χ1n) is 5.60. The predicted molar refractivity (Wildman–Crippen MR) is 68.6 cm³/mol. The number of sulfonamides is 1. The summed E-state index contributed by atoms with van der Waals surface area (Å²) in [5, 5.41) is 7.39. The zero-order valence-electron chi connectivity index (χ0n) is 10.9. The number of hydrogen-bond donors (Lipinski definition) is 3. The second-order valence-corrected chi connectivity index (χ2v) is 6.28. The van der Waals surface area contributed by atoms with Crippen LogP contribution in [-0.2, 0) is 14.8 Å². The maximum Gasteiger partial charge on any atom is 0.214 e. The summed E-state index contributed by atoms with van der Waals surface area (Å²) in [6.07, 6.45) is 0.419. The zero-order chi connectivity index (χ0) is 13.7. The molecule has 0 saturated carbocycles. The minimum absolute atomic E-state index is 0.00411. The molecule has 4 N–H and O–H groups in total. The summed E-state index contributed by atoms with van der Waals surface area (Å²) < 4.78 is 31.1. The van der Waals surface area contributed by atoms with Gasteiger partial charge in [0.15, 0.2) is 0 Å². The van der Waals surface area contributed by atoms with Crippen LogP contribution in [0.4, 0.5) is 0 Å². The SMILES string of the molecule is CCC(C)(NS(=O)(=O)CCOC(C)C)C(=N)N. The van der Waals surface area contributed by atoms with E-state index in [0.717, 1.165) is 0 Å². The molecule has 0 bridgehead atoms. The fourth-order valence-electron chi connectivity index (χ4n) is 1.11. The van der Waals surface area contributed by atoms with Crippen molar-refractivity contribution in [2.24, 2.45) is 5.73 Å². The van der Waals surface area contributed by atoms with Crippen LogP contribution in [0.1, 0.15) is 34.1 Å². The van der Waals surface area contributed by atoms with Gasteiger partial charge in [0.1, 0.15) is 5.84 Å². The number of hydrogen-bond acceptors (Lipinski definition) is 4. The lowest BCUT2D eigenvalue weighted by molar-refractivity contribution is 0.0911. The molecule has 0 aliphatic heterocycles. The quantitative estimate of drug-likeness (QED) is 0.437. The predicted octanol–water partition coefficient (Wildman–Crippen LogP) is 0.435. The van der Waals surface area contributed by atoms with Crippen molar-refractivity contribution in [3.05, 3.63) is 0 Å². The van der Waals surface area contributed by atoms with Crippen molar-refractivity contribution in [1.82, 2.24) is 4.72 Å². The van der Waals surface area contributed by atoms with Gasteiger partial charge in [-0.2, -0.15) is 0 Å². The van der Waals surface area contributed by atoms with E-state index >= 15 is 0 Å². The van der Waals surface area contributed by atoms with Crippen molar-refractivity contribution in [2.45, 2.75) is 45.8 Å². The Balaban J connectivity index is 4.48. The van der Waals surface area contributed by atoms with Gasteiger partial charge in [-0.1, -0.05) is 6.92 Å². The average Bonchev–Trinajstić information content (AvgIpc) is 2.15. The standard InChI is InChI=1S/C10H23N3O3S/c1-5-10(4,9(11)12)13-17(14,15)7-6-16-8(2)3/h8,13H,5-7H2,1-4H3,(H3,11,12). The van der Waals surface area contributed by atoms with Crippen LogP contribution in [0.25, 0.3) is 0 Å². The van der Waals surface area contributed by atoms with Gasteiger partial charge >= 0.3 is 0 Å². The van der Waals surface area contributed by atoms with Gasteiger partial charge in [0, 0.05) is 0 Å². The minimum Gasteiger partial charge on any atom is -0.386 e. The van der Waals surface area contributed by atoms with Gasteiger partial charge in [-0.25, -0.2) is 13.1 Å². The highest BCUT2D eigenvalue weighted by atomic mass is 32.2. The Kier molecular flexibility index (Phi) is 6.08. The molecule has 102 valence electrons. The Morgan fingerprint density at radius 1 is 1.53 bits per heavy atom. The lowest BCUT2D eigenvalue weighted by atomic mass is 10.00. The molecular weight excluding hydrogens is 242 g/mol. The van der Waals surface area contributed by atoms with E-state index in [1.165, 1.54) is 0 Å². The van der Waals surface area contributed by atoms with E-state index in [1.807, 2.05) is 13.8 Å². The third-order valence-corrected chi connectivity index (χ3v) is 3.95. The summed E-state index contributed by atoms with van der Waals surface area (Å²) >= 11 is 0. The van der Waals surface area contributed by atoms with E-state index in [9.17, 15) is 8.42 Å². The molecule has 0 rings (SSSR count). The van der Waals surface area contributed by atoms with Crippen LogP contribution < -0.4 is 10.5 Å². The van der Waals surface area contributed by atoms with E-state index in [0.29, 0.717) is 6.42 Å².